The molecule has 0 aliphatic carbocycles. The third kappa shape index (κ3) is 4.99. The summed E-state index contributed by atoms with van der Waals surface area (Å²) in [6, 6.07) is 15.9. The van der Waals surface area contributed by atoms with Gasteiger partial charge in [-0.2, -0.15) is 0 Å². The van der Waals surface area contributed by atoms with E-state index in [0.29, 0.717) is 18.0 Å². The van der Waals surface area contributed by atoms with E-state index in [-0.39, 0.29) is 18.4 Å². The summed E-state index contributed by atoms with van der Waals surface area (Å²) in [4.78, 5) is 31.5. The summed E-state index contributed by atoms with van der Waals surface area (Å²) in [7, 11) is 0. The van der Waals surface area contributed by atoms with Crippen molar-refractivity contribution < 1.29 is 14.3 Å². The summed E-state index contributed by atoms with van der Waals surface area (Å²) in [5, 5.41) is 5.93. The van der Waals surface area contributed by atoms with E-state index in [1.807, 2.05) is 41.8 Å². The number of benzene rings is 2. The second kappa shape index (κ2) is 9.96. The number of thiazole rings is 1. The van der Waals surface area contributed by atoms with Gasteiger partial charge in [0.2, 0.25) is 5.91 Å². The smallest absolute Gasteiger partial charge is 0.268 e. The highest BCUT2D eigenvalue weighted by atomic mass is 32.1. The van der Waals surface area contributed by atoms with E-state index >= 15 is 0 Å². The molecule has 4 rings (SSSR count). The molecule has 0 fully saturated rings. The van der Waals surface area contributed by atoms with Gasteiger partial charge in [-0.1, -0.05) is 43.7 Å². The molecule has 6 nitrogen and oxygen atoms in total. The van der Waals surface area contributed by atoms with E-state index in [0.717, 1.165) is 35.5 Å². The first kappa shape index (κ1) is 22.0. The highest BCUT2D eigenvalue weighted by Gasteiger charge is 2.33. The van der Waals surface area contributed by atoms with Crippen LogP contribution in [0.3, 0.4) is 0 Å². The van der Waals surface area contributed by atoms with Gasteiger partial charge >= 0.3 is 0 Å². The maximum Gasteiger partial charge on any atom is 0.268 e. The van der Waals surface area contributed by atoms with E-state index in [4.69, 9.17) is 9.72 Å². The van der Waals surface area contributed by atoms with Crippen LogP contribution in [0, 0.1) is 0 Å². The fourth-order valence-corrected chi connectivity index (χ4v) is 4.47. The number of aromatic nitrogens is 1. The minimum absolute atomic E-state index is 0.0248. The minimum atomic E-state index is -0.631. The summed E-state index contributed by atoms with van der Waals surface area (Å²) >= 11 is 1.61. The second-order valence-electron chi connectivity index (χ2n) is 7.86. The average Bonchev–Trinajstić information content (AvgIpc) is 3.26. The number of fused-ring (bicyclic) bond motifs is 1. The third-order valence-electron chi connectivity index (χ3n) is 5.37. The predicted molar refractivity (Wildman–Crippen MR) is 127 cm³/mol. The molecule has 1 atom stereocenters. The molecule has 0 bridgehead atoms. The van der Waals surface area contributed by atoms with Crippen LogP contribution in [0.2, 0.25) is 0 Å². The standard InChI is InChI=1S/C25H27N3O3S/c1-3-4-12-26-23(29)15-28-21-14-19(10-11-22(21)31-17(2)25(28)30)20-16-32-24(27-20)13-18-8-6-5-7-9-18/h5-11,14,16-17H,3-4,12-13,15H2,1-2H3,(H,26,29). The first-order valence-electron chi connectivity index (χ1n) is 10.9. The number of nitrogens with zero attached hydrogens (tertiary/aromatic N) is 2. The molecule has 7 heteroatoms. The Morgan fingerprint density at radius 1 is 1.22 bits per heavy atom. The molecule has 1 N–H and O–H groups in total. The Morgan fingerprint density at radius 3 is 2.81 bits per heavy atom. The van der Waals surface area contributed by atoms with Crippen LogP contribution in [-0.2, 0) is 16.0 Å². The number of hydrogen-bond donors (Lipinski definition) is 1. The Kier molecular flexibility index (Phi) is 6.85. The monoisotopic (exact) mass is 449 g/mol. The van der Waals surface area contributed by atoms with Gasteiger partial charge < -0.3 is 10.1 Å². The van der Waals surface area contributed by atoms with Crippen LogP contribution in [0.25, 0.3) is 11.3 Å². The van der Waals surface area contributed by atoms with Crippen LogP contribution in [0.4, 0.5) is 5.69 Å². The minimum Gasteiger partial charge on any atom is -0.479 e. The fraction of sp³-hybridized carbons (Fsp3) is 0.320. The number of rotatable bonds is 8. The van der Waals surface area contributed by atoms with Crippen molar-refractivity contribution in [1.29, 1.82) is 0 Å². The molecule has 1 aliphatic rings. The van der Waals surface area contributed by atoms with Crippen molar-refractivity contribution in [3.8, 4) is 17.0 Å². The molecule has 1 aliphatic heterocycles. The van der Waals surface area contributed by atoms with Crippen molar-refractivity contribution in [1.82, 2.24) is 10.3 Å². The van der Waals surface area contributed by atoms with Gasteiger partial charge in [-0.05, 0) is 37.1 Å². The summed E-state index contributed by atoms with van der Waals surface area (Å²) in [5.41, 5.74) is 3.56. The Bertz CT molecular complexity index is 1100. The first-order valence-corrected chi connectivity index (χ1v) is 11.8. The first-order chi connectivity index (χ1) is 15.5. The van der Waals surface area contributed by atoms with Crippen molar-refractivity contribution in [2.24, 2.45) is 0 Å². The zero-order valence-corrected chi connectivity index (χ0v) is 19.2. The number of ether oxygens (including phenoxy) is 1. The van der Waals surface area contributed by atoms with Gasteiger partial charge in [-0.25, -0.2) is 4.98 Å². The average molecular weight is 450 g/mol. The number of carbonyl (C=O) groups is 2. The molecule has 2 heterocycles. The van der Waals surface area contributed by atoms with E-state index in [1.54, 1.807) is 18.3 Å². The molecule has 2 amide bonds. The highest BCUT2D eigenvalue weighted by Crippen LogP contribution is 2.37. The van der Waals surface area contributed by atoms with Gasteiger partial charge in [0.25, 0.3) is 5.91 Å². The molecule has 3 aromatic rings. The molecule has 166 valence electrons. The van der Waals surface area contributed by atoms with E-state index in [2.05, 4.69) is 24.4 Å². The van der Waals surface area contributed by atoms with E-state index < -0.39 is 6.10 Å². The zero-order valence-electron chi connectivity index (χ0n) is 18.3. The van der Waals surface area contributed by atoms with Crippen molar-refractivity contribution in [3.63, 3.8) is 0 Å². The molecule has 2 aromatic carbocycles. The molecule has 1 aromatic heterocycles. The van der Waals surface area contributed by atoms with Crippen LogP contribution >= 0.6 is 11.3 Å². The number of amides is 2. The number of unbranched alkanes of at least 4 members (excludes halogenated alkanes) is 1. The largest absolute Gasteiger partial charge is 0.479 e. The van der Waals surface area contributed by atoms with Crippen LogP contribution in [-0.4, -0.2) is 36.0 Å². The zero-order chi connectivity index (χ0) is 22.5. The maximum absolute atomic E-state index is 12.8. The summed E-state index contributed by atoms with van der Waals surface area (Å²) in [5.74, 6) is 0.210. The van der Waals surface area contributed by atoms with Crippen molar-refractivity contribution in [3.05, 3.63) is 64.5 Å². The van der Waals surface area contributed by atoms with Crippen LogP contribution in [0.1, 0.15) is 37.3 Å². The van der Waals surface area contributed by atoms with Gasteiger partial charge in [-0.3, -0.25) is 14.5 Å². The summed E-state index contributed by atoms with van der Waals surface area (Å²) in [6.07, 6.45) is 2.06. The Labute approximate surface area is 192 Å². The van der Waals surface area contributed by atoms with Crippen molar-refractivity contribution in [2.75, 3.05) is 18.0 Å². The Morgan fingerprint density at radius 2 is 2.03 bits per heavy atom. The van der Waals surface area contributed by atoms with E-state index in [1.165, 1.54) is 10.5 Å². The van der Waals surface area contributed by atoms with Crippen molar-refractivity contribution >= 4 is 28.8 Å². The quantitative estimate of drug-likeness (QED) is 0.517. The van der Waals surface area contributed by atoms with Gasteiger partial charge in [0.1, 0.15) is 12.3 Å². The second-order valence-corrected chi connectivity index (χ2v) is 8.80. The molecule has 0 saturated heterocycles. The fourth-order valence-electron chi connectivity index (χ4n) is 3.63. The number of nitrogens with one attached hydrogen (secondary N) is 1. The maximum atomic E-state index is 12.8. The molecule has 32 heavy (non-hydrogen) atoms. The molecular weight excluding hydrogens is 422 g/mol. The number of carbonyl (C=O) groups excluding carboxylic acids is 2. The lowest BCUT2D eigenvalue weighted by atomic mass is 10.1. The normalized spacial score (nSPS) is 15.2. The Balaban J connectivity index is 1.56. The summed E-state index contributed by atoms with van der Waals surface area (Å²) < 4.78 is 5.79. The lowest BCUT2D eigenvalue weighted by Gasteiger charge is -2.32. The lowest BCUT2D eigenvalue weighted by molar-refractivity contribution is -0.128. The molecule has 1 unspecified atom stereocenters. The van der Waals surface area contributed by atoms with Gasteiger partial charge in [0, 0.05) is 23.9 Å². The van der Waals surface area contributed by atoms with E-state index in [9.17, 15) is 9.59 Å². The lowest BCUT2D eigenvalue weighted by Crippen LogP contribution is -2.48. The third-order valence-corrected chi connectivity index (χ3v) is 6.22. The van der Waals surface area contributed by atoms with Gasteiger partial charge in [-0.15, -0.1) is 11.3 Å². The topological polar surface area (TPSA) is 71.5 Å². The molecular formula is C25H27N3O3S. The molecule has 0 spiro atoms. The SMILES string of the molecule is CCCCNC(=O)CN1C(=O)C(C)Oc2ccc(-c3csc(Cc4ccccc4)n3)cc21. The molecule has 0 saturated carbocycles. The number of anilines is 1. The molecule has 0 radical (unpaired) electrons. The van der Waals surface area contributed by atoms with Crippen LogP contribution in [0.5, 0.6) is 5.75 Å². The van der Waals surface area contributed by atoms with Crippen LogP contribution < -0.4 is 15.0 Å². The van der Waals surface area contributed by atoms with Gasteiger partial charge in [0.05, 0.1) is 16.4 Å². The Hall–Kier alpha value is -3.19. The van der Waals surface area contributed by atoms with Crippen LogP contribution in [0.15, 0.2) is 53.9 Å². The highest BCUT2D eigenvalue weighted by molar-refractivity contribution is 7.10. The van der Waals surface area contributed by atoms with Crippen molar-refractivity contribution in [2.45, 2.75) is 39.2 Å². The summed E-state index contributed by atoms with van der Waals surface area (Å²) in [6.45, 7) is 4.36. The van der Waals surface area contributed by atoms with Gasteiger partial charge in [0.15, 0.2) is 6.10 Å². The predicted octanol–water partition coefficient (Wildman–Crippen LogP) is 4.43. The number of hydrogen-bond acceptors (Lipinski definition) is 5.